The first-order chi connectivity index (χ1) is 7.02. The van der Waals surface area contributed by atoms with E-state index in [1.54, 1.807) is 0 Å². The van der Waals surface area contributed by atoms with Crippen LogP contribution in [0, 0.1) is 0 Å². The lowest BCUT2D eigenvalue weighted by atomic mass is 10.1. The Morgan fingerprint density at radius 3 is 2.60 bits per heavy atom. The summed E-state index contributed by atoms with van der Waals surface area (Å²) < 4.78 is 0. The van der Waals surface area contributed by atoms with E-state index in [4.69, 9.17) is 5.73 Å². The number of benzene rings is 1. The Morgan fingerprint density at radius 2 is 2.07 bits per heavy atom. The van der Waals surface area contributed by atoms with Gasteiger partial charge in [0.1, 0.15) is 0 Å². The van der Waals surface area contributed by atoms with Crippen LogP contribution in [0.15, 0.2) is 36.4 Å². The monoisotopic (exact) mass is 204 g/mol. The molecule has 0 unspecified atom stereocenters. The van der Waals surface area contributed by atoms with Gasteiger partial charge in [-0.2, -0.15) is 0 Å². The predicted octanol–water partition coefficient (Wildman–Crippen LogP) is 2.72. The molecule has 0 aromatic heterocycles. The first-order valence-electron chi connectivity index (χ1n) is 5.22. The van der Waals surface area contributed by atoms with Crippen LogP contribution in [0.1, 0.15) is 25.5 Å². The second-order valence-electron chi connectivity index (χ2n) is 4.16. The van der Waals surface area contributed by atoms with E-state index in [-0.39, 0.29) is 6.04 Å². The van der Waals surface area contributed by atoms with E-state index in [1.165, 1.54) is 11.3 Å². The number of nitrogens with two attached hydrogens (primary N) is 1. The van der Waals surface area contributed by atoms with Crippen LogP contribution in [0.5, 0.6) is 0 Å². The van der Waals surface area contributed by atoms with Crippen LogP contribution in [0.4, 0.5) is 5.69 Å². The average Bonchev–Trinajstić information content (AvgIpc) is 2.16. The van der Waals surface area contributed by atoms with Crippen molar-refractivity contribution in [1.82, 2.24) is 0 Å². The first kappa shape index (κ1) is 11.8. The molecule has 0 heterocycles. The highest BCUT2D eigenvalue weighted by Crippen LogP contribution is 2.24. The third-order valence-corrected chi connectivity index (χ3v) is 2.35. The van der Waals surface area contributed by atoms with Crippen molar-refractivity contribution in [2.45, 2.75) is 19.9 Å². The van der Waals surface area contributed by atoms with Gasteiger partial charge in [0.15, 0.2) is 0 Å². The van der Waals surface area contributed by atoms with Crippen molar-refractivity contribution in [3.8, 4) is 0 Å². The van der Waals surface area contributed by atoms with Gasteiger partial charge in [-0.15, -0.1) is 0 Å². The van der Waals surface area contributed by atoms with Gasteiger partial charge in [0.25, 0.3) is 0 Å². The highest BCUT2D eigenvalue weighted by atomic mass is 15.1. The van der Waals surface area contributed by atoms with Gasteiger partial charge in [0, 0.05) is 25.3 Å². The van der Waals surface area contributed by atoms with E-state index >= 15 is 0 Å². The van der Waals surface area contributed by atoms with Crippen LogP contribution >= 0.6 is 0 Å². The molecule has 0 aliphatic heterocycles. The van der Waals surface area contributed by atoms with Crippen LogP contribution in [0.25, 0.3) is 0 Å². The summed E-state index contributed by atoms with van der Waals surface area (Å²) in [5, 5.41) is 0. The third-order valence-electron chi connectivity index (χ3n) is 2.35. The van der Waals surface area contributed by atoms with Gasteiger partial charge >= 0.3 is 0 Å². The summed E-state index contributed by atoms with van der Waals surface area (Å²) in [6, 6.07) is 8.30. The van der Waals surface area contributed by atoms with Crippen molar-refractivity contribution in [3.05, 3.63) is 42.0 Å². The highest BCUT2D eigenvalue weighted by Gasteiger charge is 2.09. The fraction of sp³-hybridized carbons (Fsp3) is 0.385. The average molecular weight is 204 g/mol. The number of hydrogen-bond acceptors (Lipinski definition) is 2. The maximum Gasteiger partial charge on any atom is 0.0414 e. The molecule has 0 saturated carbocycles. The zero-order valence-electron chi connectivity index (χ0n) is 9.83. The third kappa shape index (κ3) is 3.10. The Bertz CT molecular complexity index is 342. The molecule has 0 amide bonds. The molecule has 2 N–H and O–H groups in total. The quantitative estimate of drug-likeness (QED) is 0.764. The van der Waals surface area contributed by atoms with Gasteiger partial charge in [-0.1, -0.05) is 30.4 Å². The smallest absolute Gasteiger partial charge is 0.0414 e. The lowest BCUT2D eigenvalue weighted by molar-refractivity contribution is 0.808. The zero-order valence-corrected chi connectivity index (χ0v) is 9.83. The van der Waals surface area contributed by atoms with Gasteiger partial charge in [-0.05, 0) is 25.5 Å². The predicted molar refractivity (Wildman–Crippen MR) is 67.1 cm³/mol. The van der Waals surface area contributed by atoms with E-state index in [0.29, 0.717) is 0 Å². The fourth-order valence-corrected chi connectivity index (χ4v) is 1.71. The molecular formula is C13H20N2. The van der Waals surface area contributed by atoms with Gasteiger partial charge in [0.2, 0.25) is 0 Å². The normalized spacial score (nSPS) is 12.3. The Kier molecular flexibility index (Phi) is 3.92. The molecule has 15 heavy (non-hydrogen) atoms. The Hall–Kier alpha value is -1.28. The van der Waals surface area contributed by atoms with E-state index in [0.717, 1.165) is 12.1 Å². The van der Waals surface area contributed by atoms with Gasteiger partial charge < -0.3 is 10.6 Å². The minimum Gasteiger partial charge on any atom is -0.370 e. The molecule has 1 rings (SSSR count). The summed E-state index contributed by atoms with van der Waals surface area (Å²) in [5.41, 5.74) is 9.46. The van der Waals surface area contributed by atoms with E-state index in [2.05, 4.69) is 30.7 Å². The Balaban J connectivity index is 2.97. The topological polar surface area (TPSA) is 29.3 Å². The van der Waals surface area contributed by atoms with Gasteiger partial charge in [0.05, 0.1) is 0 Å². The van der Waals surface area contributed by atoms with Crippen LogP contribution in [0.3, 0.4) is 0 Å². The number of anilines is 1. The second kappa shape index (κ2) is 4.99. The molecule has 2 heteroatoms. The molecule has 1 aromatic rings. The van der Waals surface area contributed by atoms with E-state index in [1.807, 2.05) is 26.0 Å². The maximum atomic E-state index is 5.93. The molecule has 0 aliphatic carbocycles. The number of rotatable bonds is 4. The Morgan fingerprint density at radius 1 is 1.47 bits per heavy atom. The molecule has 0 saturated heterocycles. The van der Waals surface area contributed by atoms with Crippen molar-refractivity contribution >= 4 is 5.69 Å². The molecule has 0 radical (unpaired) electrons. The maximum absolute atomic E-state index is 5.93. The molecule has 0 aliphatic rings. The van der Waals surface area contributed by atoms with Crippen molar-refractivity contribution in [2.24, 2.45) is 5.73 Å². The number of para-hydroxylation sites is 1. The minimum atomic E-state index is 0.0637. The van der Waals surface area contributed by atoms with Crippen LogP contribution in [-0.2, 0) is 0 Å². The lowest BCUT2D eigenvalue weighted by Gasteiger charge is -2.24. The summed E-state index contributed by atoms with van der Waals surface area (Å²) >= 11 is 0. The first-order valence-corrected chi connectivity index (χ1v) is 5.22. The van der Waals surface area contributed by atoms with Gasteiger partial charge in [-0.25, -0.2) is 0 Å². The zero-order chi connectivity index (χ0) is 11.4. The highest BCUT2D eigenvalue weighted by molar-refractivity contribution is 5.54. The van der Waals surface area contributed by atoms with E-state index < -0.39 is 0 Å². The summed E-state index contributed by atoms with van der Waals surface area (Å²) in [6.45, 7) is 8.83. The molecule has 0 bridgehead atoms. The molecular weight excluding hydrogens is 184 g/mol. The molecule has 0 fully saturated rings. The van der Waals surface area contributed by atoms with Crippen LogP contribution in [-0.4, -0.2) is 13.6 Å². The largest absolute Gasteiger partial charge is 0.370 e. The molecule has 0 spiro atoms. The minimum absolute atomic E-state index is 0.0637. The Labute approximate surface area is 92.4 Å². The summed E-state index contributed by atoms with van der Waals surface area (Å²) in [6.07, 6.45) is 0. The van der Waals surface area contributed by atoms with Crippen molar-refractivity contribution < 1.29 is 0 Å². The van der Waals surface area contributed by atoms with Crippen LogP contribution < -0.4 is 10.6 Å². The van der Waals surface area contributed by atoms with Crippen LogP contribution in [0.2, 0.25) is 0 Å². The number of nitrogens with zero attached hydrogens (tertiary/aromatic N) is 1. The van der Waals surface area contributed by atoms with Crippen molar-refractivity contribution in [3.63, 3.8) is 0 Å². The lowest BCUT2D eigenvalue weighted by Crippen LogP contribution is -2.22. The number of hydrogen-bond donors (Lipinski definition) is 1. The fourth-order valence-electron chi connectivity index (χ4n) is 1.71. The SMILES string of the molecule is C=C(C)CN(C)c1ccccc1[C@H](C)N. The van der Waals surface area contributed by atoms with Crippen molar-refractivity contribution in [2.75, 3.05) is 18.5 Å². The van der Waals surface area contributed by atoms with Crippen molar-refractivity contribution in [1.29, 1.82) is 0 Å². The van der Waals surface area contributed by atoms with Gasteiger partial charge in [-0.3, -0.25) is 0 Å². The van der Waals surface area contributed by atoms with E-state index in [9.17, 15) is 0 Å². The summed E-state index contributed by atoms with van der Waals surface area (Å²) in [7, 11) is 2.07. The molecule has 82 valence electrons. The molecule has 2 nitrogen and oxygen atoms in total. The second-order valence-corrected chi connectivity index (χ2v) is 4.16. The summed E-state index contributed by atoms with van der Waals surface area (Å²) in [4.78, 5) is 2.18. The number of likely N-dealkylation sites (N-methyl/N-ethyl adjacent to an activating group) is 1. The summed E-state index contributed by atoms with van der Waals surface area (Å²) in [5.74, 6) is 0. The standard InChI is InChI=1S/C13H20N2/c1-10(2)9-15(4)13-8-6-5-7-12(13)11(3)14/h5-8,11H,1,9,14H2,2-4H3/t11-/m0/s1. The molecule has 1 atom stereocenters. The molecule has 1 aromatic carbocycles.